The molecule has 3 nitrogen and oxygen atoms in total. The van der Waals surface area contributed by atoms with Crippen LogP contribution in [0.3, 0.4) is 0 Å². The molecular formula is C9H11F6NO2. The smallest absolute Gasteiger partial charge is 0.388 e. The Morgan fingerprint density at radius 3 is 1.94 bits per heavy atom. The summed E-state index contributed by atoms with van der Waals surface area (Å²) in [5.74, 6) is -6.09. The first-order chi connectivity index (χ1) is 7.84. The molecule has 18 heavy (non-hydrogen) atoms. The molecule has 0 aromatic rings. The number of rotatable bonds is 1. The maximum absolute atomic E-state index is 12.3. The molecule has 106 valence electrons. The molecule has 0 spiro atoms. The zero-order chi connectivity index (χ0) is 14.4. The molecule has 1 saturated heterocycles. The van der Waals surface area contributed by atoms with E-state index in [1.165, 1.54) is 6.92 Å². The molecule has 0 aliphatic carbocycles. The maximum atomic E-state index is 12.3. The fourth-order valence-electron chi connectivity index (χ4n) is 1.78. The molecule has 1 fully saturated rings. The van der Waals surface area contributed by atoms with Crippen molar-refractivity contribution in [3.05, 3.63) is 0 Å². The van der Waals surface area contributed by atoms with E-state index in [0.717, 1.165) is 0 Å². The van der Waals surface area contributed by atoms with Crippen LogP contribution in [-0.4, -0.2) is 47.0 Å². The van der Waals surface area contributed by atoms with Crippen LogP contribution < -0.4 is 0 Å². The number of aliphatic hydroxyl groups is 1. The van der Waals surface area contributed by atoms with Crippen molar-refractivity contribution in [1.29, 1.82) is 0 Å². The third-order valence-corrected chi connectivity index (χ3v) is 2.67. The van der Waals surface area contributed by atoms with Gasteiger partial charge in [0, 0.05) is 13.1 Å². The van der Waals surface area contributed by atoms with Gasteiger partial charge in [-0.05, 0) is 13.3 Å². The number of halogens is 6. The van der Waals surface area contributed by atoms with E-state index >= 15 is 0 Å². The lowest BCUT2D eigenvalue weighted by Gasteiger charge is -2.27. The summed E-state index contributed by atoms with van der Waals surface area (Å²) in [4.78, 5) is 11.7. The molecule has 9 heteroatoms. The van der Waals surface area contributed by atoms with Crippen LogP contribution in [0.2, 0.25) is 0 Å². The summed E-state index contributed by atoms with van der Waals surface area (Å²) in [7, 11) is 0. The molecular weight excluding hydrogens is 268 g/mol. The summed E-state index contributed by atoms with van der Waals surface area (Å²) in [6.07, 6.45) is -11.4. The summed E-state index contributed by atoms with van der Waals surface area (Å²) in [5.41, 5.74) is -1.45. The van der Waals surface area contributed by atoms with E-state index in [9.17, 15) is 36.2 Å². The predicted molar refractivity (Wildman–Crippen MR) is 47.4 cm³/mol. The number of amides is 1. The van der Waals surface area contributed by atoms with Crippen LogP contribution >= 0.6 is 0 Å². The molecule has 1 N–H and O–H groups in total. The largest absolute Gasteiger partial charge is 0.409 e. The second-order valence-corrected chi connectivity index (χ2v) is 4.52. The van der Waals surface area contributed by atoms with E-state index in [4.69, 9.17) is 0 Å². The molecule has 0 aromatic carbocycles. The first kappa shape index (κ1) is 15.1. The van der Waals surface area contributed by atoms with Crippen molar-refractivity contribution in [2.24, 2.45) is 5.92 Å². The van der Waals surface area contributed by atoms with E-state index < -0.39 is 36.3 Å². The fourth-order valence-corrected chi connectivity index (χ4v) is 1.78. The van der Waals surface area contributed by atoms with Gasteiger partial charge in [0.05, 0.1) is 5.60 Å². The second kappa shape index (κ2) is 4.29. The Bertz CT molecular complexity index is 321. The Morgan fingerprint density at radius 2 is 1.67 bits per heavy atom. The second-order valence-electron chi connectivity index (χ2n) is 4.52. The Hall–Kier alpha value is -0.990. The van der Waals surface area contributed by atoms with Crippen molar-refractivity contribution in [3.8, 4) is 0 Å². The van der Waals surface area contributed by atoms with Gasteiger partial charge in [-0.25, -0.2) is 0 Å². The normalized spacial score (nSPS) is 25.9. The molecule has 1 aliphatic rings. The van der Waals surface area contributed by atoms with Crippen molar-refractivity contribution in [2.75, 3.05) is 13.1 Å². The Kier molecular flexibility index (Phi) is 3.59. The van der Waals surface area contributed by atoms with Crippen molar-refractivity contribution in [1.82, 2.24) is 4.90 Å². The van der Waals surface area contributed by atoms with E-state index in [-0.39, 0.29) is 13.0 Å². The number of β-amino-alcohol motifs (C(OH)–C–C–N with tert-alkyl or cyclic N) is 1. The summed E-state index contributed by atoms with van der Waals surface area (Å²) < 4.78 is 73.7. The maximum Gasteiger partial charge on any atom is 0.409 e. The predicted octanol–water partition coefficient (Wildman–Crippen LogP) is 1.71. The standard InChI is InChI=1S/C9H11F6NO2/c1-7(18)2-3-16(4-7)6(17)5(8(10,11)12)9(13,14)15/h5,18H,2-4H2,1H3. The molecule has 1 heterocycles. The summed E-state index contributed by atoms with van der Waals surface area (Å²) >= 11 is 0. The zero-order valence-electron chi connectivity index (χ0n) is 9.27. The van der Waals surface area contributed by atoms with Gasteiger partial charge >= 0.3 is 12.4 Å². The SMILES string of the molecule is CC1(O)CCN(C(=O)C(C(F)(F)F)C(F)(F)F)C1. The minimum atomic E-state index is -5.69. The quantitative estimate of drug-likeness (QED) is 0.742. The molecule has 1 amide bonds. The Balaban J connectivity index is 2.92. The number of alkyl halides is 6. The van der Waals surface area contributed by atoms with Crippen LogP contribution in [-0.2, 0) is 4.79 Å². The van der Waals surface area contributed by atoms with Gasteiger partial charge in [-0.1, -0.05) is 0 Å². The summed E-state index contributed by atoms with van der Waals surface area (Å²) in [5, 5.41) is 9.44. The lowest BCUT2D eigenvalue weighted by atomic mass is 10.1. The molecule has 1 rings (SSSR count). The lowest BCUT2D eigenvalue weighted by Crippen LogP contribution is -2.49. The fraction of sp³-hybridized carbons (Fsp3) is 0.889. The number of nitrogens with zero attached hydrogens (tertiary/aromatic N) is 1. The lowest BCUT2D eigenvalue weighted by molar-refractivity contribution is -0.277. The van der Waals surface area contributed by atoms with Crippen molar-refractivity contribution < 1.29 is 36.2 Å². The summed E-state index contributed by atoms with van der Waals surface area (Å²) in [6.45, 7) is 0.388. The molecule has 0 radical (unpaired) electrons. The minimum absolute atomic E-state index is 0.0544. The molecule has 0 bridgehead atoms. The van der Waals surface area contributed by atoms with Crippen LogP contribution in [0, 0.1) is 5.92 Å². The molecule has 0 saturated carbocycles. The molecule has 1 unspecified atom stereocenters. The van der Waals surface area contributed by atoms with Crippen LogP contribution in [0.25, 0.3) is 0 Å². The third-order valence-electron chi connectivity index (χ3n) is 2.67. The van der Waals surface area contributed by atoms with Crippen LogP contribution in [0.4, 0.5) is 26.3 Å². The third kappa shape index (κ3) is 3.27. The van der Waals surface area contributed by atoms with E-state index in [0.29, 0.717) is 4.90 Å². The van der Waals surface area contributed by atoms with E-state index in [1.54, 1.807) is 0 Å². The highest BCUT2D eigenvalue weighted by Gasteiger charge is 2.62. The summed E-state index contributed by atoms with van der Waals surface area (Å²) in [6, 6.07) is 0. The number of hydrogen-bond donors (Lipinski definition) is 1. The molecule has 0 aromatic heterocycles. The van der Waals surface area contributed by atoms with Crippen LogP contribution in [0.15, 0.2) is 0 Å². The number of likely N-dealkylation sites (tertiary alicyclic amines) is 1. The highest BCUT2D eigenvalue weighted by Crippen LogP contribution is 2.41. The van der Waals surface area contributed by atoms with Gasteiger partial charge in [-0.3, -0.25) is 4.79 Å². The Morgan fingerprint density at radius 1 is 1.22 bits per heavy atom. The van der Waals surface area contributed by atoms with Crippen molar-refractivity contribution in [3.63, 3.8) is 0 Å². The van der Waals surface area contributed by atoms with Gasteiger partial charge in [-0.2, -0.15) is 26.3 Å². The van der Waals surface area contributed by atoms with Gasteiger partial charge < -0.3 is 10.0 Å². The van der Waals surface area contributed by atoms with Gasteiger partial charge in [-0.15, -0.1) is 0 Å². The van der Waals surface area contributed by atoms with Crippen molar-refractivity contribution >= 4 is 5.91 Å². The van der Waals surface area contributed by atoms with Gasteiger partial charge in [0.2, 0.25) is 11.8 Å². The number of hydrogen-bond acceptors (Lipinski definition) is 2. The molecule has 1 atom stereocenters. The first-order valence-electron chi connectivity index (χ1n) is 4.99. The Labute approximate surface area is 98.4 Å². The average Bonchev–Trinajstić information content (AvgIpc) is 2.40. The van der Waals surface area contributed by atoms with Crippen molar-refractivity contribution in [2.45, 2.75) is 31.3 Å². The van der Waals surface area contributed by atoms with Crippen LogP contribution in [0.5, 0.6) is 0 Å². The monoisotopic (exact) mass is 279 g/mol. The number of carbonyl (C=O) groups excluding carboxylic acids is 1. The first-order valence-corrected chi connectivity index (χ1v) is 4.99. The zero-order valence-corrected chi connectivity index (χ0v) is 9.27. The van der Waals surface area contributed by atoms with Gasteiger partial charge in [0.15, 0.2) is 0 Å². The topological polar surface area (TPSA) is 40.5 Å². The van der Waals surface area contributed by atoms with Gasteiger partial charge in [0.25, 0.3) is 0 Å². The minimum Gasteiger partial charge on any atom is -0.388 e. The van der Waals surface area contributed by atoms with E-state index in [1.807, 2.05) is 0 Å². The molecule has 1 aliphatic heterocycles. The average molecular weight is 279 g/mol. The highest BCUT2D eigenvalue weighted by atomic mass is 19.4. The van der Waals surface area contributed by atoms with Gasteiger partial charge in [0.1, 0.15) is 0 Å². The number of carbonyl (C=O) groups is 1. The highest BCUT2D eigenvalue weighted by molar-refractivity contribution is 5.80. The van der Waals surface area contributed by atoms with Crippen LogP contribution in [0.1, 0.15) is 13.3 Å². The van der Waals surface area contributed by atoms with E-state index in [2.05, 4.69) is 0 Å².